The first-order valence-electron chi connectivity index (χ1n) is 6.76. The maximum absolute atomic E-state index is 10.8. The molecule has 1 heterocycles. The number of nitro groups is 1. The van der Waals surface area contributed by atoms with E-state index in [1.54, 1.807) is 24.7 Å². The number of hydrogen-bond donors (Lipinski definition) is 1. The molecular formula is C15H18N2O4. The molecule has 0 aliphatic carbocycles. The molecule has 6 heteroatoms. The molecule has 0 aliphatic heterocycles. The molecule has 0 aliphatic rings. The zero-order valence-electron chi connectivity index (χ0n) is 11.8. The highest BCUT2D eigenvalue weighted by atomic mass is 16.6. The fourth-order valence-corrected chi connectivity index (χ4v) is 2.14. The molecule has 1 aromatic carbocycles. The van der Waals surface area contributed by atoms with Gasteiger partial charge in [0.05, 0.1) is 23.6 Å². The van der Waals surface area contributed by atoms with Gasteiger partial charge in [-0.25, -0.2) is 0 Å². The van der Waals surface area contributed by atoms with Crippen LogP contribution in [0.4, 0.5) is 5.69 Å². The van der Waals surface area contributed by atoms with Crippen LogP contribution in [0.3, 0.4) is 0 Å². The summed E-state index contributed by atoms with van der Waals surface area (Å²) < 4.78 is 5.03. The lowest BCUT2D eigenvalue weighted by Gasteiger charge is -2.23. The summed E-state index contributed by atoms with van der Waals surface area (Å²) in [5.74, 6) is 0. The first-order chi connectivity index (χ1) is 10.1. The second-order valence-electron chi connectivity index (χ2n) is 4.83. The third kappa shape index (κ3) is 4.14. The highest BCUT2D eigenvalue weighted by Crippen LogP contribution is 2.20. The van der Waals surface area contributed by atoms with E-state index < -0.39 is 11.0 Å². The number of aliphatic hydroxyl groups is 1. The Morgan fingerprint density at radius 3 is 2.86 bits per heavy atom. The van der Waals surface area contributed by atoms with Gasteiger partial charge in [-0.05, 0) is 18.2 Å². The van der Waals surface area contributed by atoms with Crippen molar-refractivity contribution < 1.29 is 14.4 Å². The monoisotopic (exact) mass is 290 g/mol. The molecule has 0 radical (unpaired) electrons. The number of aliphatic hydroxyl groups excluding tert-OH is 1. The maximum Gasteiger partial charge on any atom is 0.269 e. The lowest BCUT2D eigenvalue weighted by molar-refractivity contribution is -0.385. The van der Waals surface area contributed by atoms with E-state index in [4.69, 9.17) is 4.42 Å². The largest absolute Gasteiger partial charge is 0.472 e. The molecule has 0 fully saturated rings. The Morgan fingerprint density at radius 1 is 1.43 bits per heavy atom. The second-order valence-corrected chi connectivity index (χ2v) is 4.83. The summed E-state index contributed by atoms with van der Waals surface area (Å²) in [6.45, 7) is 3.83. The van der Waals surface area contributed by atoms with Crippen molar-refractivity contribution in [2.75, 3.05) is 13.1 Å². The number of rotatable bonds is 7. The van der Waals surface area contributed by atoms with Gasteiger partial charge in [0.2, 0.25) is 0 Å². The van der Waals surface area contributed by atoms with Crippen molar-refractivity contribution in [1.29, 1.82) is 0 Å². The van der Waals surface area contributed by atoms with Crippen LogP contribution in [0.15, 0.2) is 47.3 Å². The van der Waals surface area contributed by atoms with Gasteiger partial charge in [0, 0.05) is 30.8 Å². The van der Waals surface area contributed by atoms with E-state index in [1.165, 1.54) is 12.1 Å². The number of non-ortho nitro benzene ring substituents is 1. The molecule has 0 saturated heterocycles. The molecule has 2 rings (SSSR count). The Balaban J connectivity index is 2.03. The molecule has 1 unspecified atom stereocenters. The smallest absolute Gasteiger partial charge is 0.269 e. The molecular weight excluding hydrogens is 272 g/mol. The van der Waals surface area contributed by atoms with E-state index >= 15 is 0 Å². The molecule has 1 N–H and O–H groups in total. The first kappa shape index (κ1) is 15.2. The molecule has 2 aromatic rings. The summed E-state index contributed by atoms with van der Waals surface area (Å²) in [6, 6.07) is 7.99. The van der Waals surface area contributed by atoms with Crippen LogP contribution in [0, 0.1) is 10.1 Å². The summed E-state index contributed by atoms with van der Waals surface area (Å²) in [5, 5.41) is 21.0. The molecule has 0 saturated carbocycles. The fraction of sp³-hybridized carbons (Fsp3) is 0.333. The molecule has 1 aromatic heterocycles. The van der Waals surface area contributed by atoms with Gasteiger partial charge in [0.25, 0.3) is 5.69 Å². The van der Waals surface area contributed by atoms with Gasteiger partial charge in [0.1, 0.15) is 0 Å². The standard InChI is InChI=1S/C15H18N2O4/c1-2-16(9-12-6-7-21-11-12)10-15(18)13-4-3-5-14(8-13)17(19)20/h3-8,11,15,18H,2,9-10H2,1H3. The predicted octanol–water partition coefficient (Wildman–Crippen LogP) is 2.74. The van der Waals surface area contributed by atoms with Gasteiger partial charge in [-0.15, -0.1) is 0 Å². The Labute approximate surface area is 122 Å². The Bertz CT molecular complexity index is 583. The van der Waals surface area contributed by atoms with E-state index in [2.05, 4.69) is 0 Å². The molecule has 0 amide bonds. The van der Waals surface area contributed by atoms with Crippen molar-refractivity contribution in [3.8, 4) is 0 Å². The van der Waals surface area contributed by atoms with Crippen LogP contribution in [-0.4, -0.2) is 28.0 Å². The van der Waals surface area contributed by atoms with Gasteiger partial charge in [-0.2, -0.15) is 0 Å². The van der Waals surface area contributed by atoms with Crippen LogP contribution in [-0.2, 0) is 6.54 Å². The summed E-state index contributed by atoms with van der Waals surface area (Å²) in [5.41, 5.74) is 1.57. The topological polar surface area (TPSA) is 79.8 Å². The van der Waals surface area contributed by atoms with Gasteiger partial charge >= 0.3 is 0 Å². The number of benzene rings is 1. The van der Waals surface area contributed by atoms with Gasteiger partial charge in [-0.1, -0.05) is 19.1 Å². The summed E-state index contributed by atoms with van der Waals surface area (Å²) >= 11 is 0. The molecule has 112 valence electrons. The minimum atomic E-state index is -0.767. The van der Waals surface area contributed by atoms with Gasteiger partial charge in [0.15, 0.2) is 0 Å². The normalized spacial score (nSPS) is 12.5. The quantitative estimate of drug-likeness (QED) is 0.626. The average Bonchev–Trinajstić information content (AvgIpc) is 2.99. The van der Waals surface area contributed by atoms with Crippen LogP contribution >= 0.6 is 0 Å². The van der Waals surface area contributed by atoms with E-state index in [-0.39, 0.29) is 5.69 Å². The van der Waals surface area contributed by atoms with Crippen molar-refractivity contribution in [3.05, 3.63) is 64.1 Å². The summed E-state index contributed by atoms with van der Waals surface area (Å²) in [6.07, 6.45) is 2.51. The number of likely N-dealkylation sites (N-methyl/N-ethyl adjacent to an activating group) is 1. The summed E-state index contributed by atoms with van der Waals surface area (Å²) in [7, 11) is 0. The van der Waals surface area contributed by atoms with Crippen LogP contribution in [0.5, 0.6) is 0 Å². The second kappa shape index (κ2) is 7.01. The molecule has 0 bridgehead atoms. The number of nitrogens with zero attached hydrogens (tertiary/aromatic N) is 2. The lowest BCUT2D eigenvalue weighted by Crippen LogP contribution is -2.28. The van der Waals surface area contributed by atoms with Crippen LogP contribution in [0.2, 0.25) is 0 Å². The minimum Gasteiger partial charge on any atom is -0.472 e. The third-order valence-electron chi connectivity index (χ3n) is 3.33. The fourth-order valence-electron chi connectivity index (χ4n) is 2.14. The Morgan fingerprint density at radius 2 is 2.24 bits per heavy atom. The Kier molecular flexibility index (Phi) is 5.08. The van der Waals surface area contributed by atoms with Crippen LogP contribution < -0.4 is 0 Å². The molecule has 0 spiro atoms. The highest BCUT2D eigenvalue weighted by molar-refractivity contribution is 5.35. The van der Waals surface area contributed by atoms with E-state index in [0.29, 0.717) is 18.7 Å². The van der Waals surface area contributed by atoms with Crippen molar-refractivity contribution in [1.82, 2.24) is 4.90 Å². The number of nitro benzene ring substituents is 1. The SMILES string of the molecule is CCN(Cc1ccoc1)CC(O)c1cccc([N+](=O)[O-])c1. The van der Waals surface area contributed by atoms with Crippen LogP contribution in [0.1, 0.15) is 24.2 Å². The van der Waals surface area contributed by atoms with E-state index in [1.807, 2.05) is 17.9 Å². The zero-order chi connectivity index (χ0) is 15.2. The van der Waals surface area contributed by atoms with E-state index in [0.717, 1.165) is 12.1 Å². The lowest BCUT2D eigenvalue weighted by atomic mass is 10.1. The van der Waals surface area contributed by atoms with Crippen LogP contribution in [0.25, 0.3) is 0 Å². The van der Waals surface area contributed by atoms with Crippen molar-refractivity contribution in [2.45, 2.75) is 19.6 Å². The molecule has 21 heavy (non-hydrogen) atoms. The van der Waals surface area contributed by atoms with Gasteiger partial charge in [-0.3, -0.25) is 15.0 Å². The zero-order valence-corrected chi connectivity index (χ0v) is 11.8. The van der Waals surface area contributed by atoms with E-state index in [9.17, 15) is 15.2 Å². The predicted molar refractivity (Wildman–Crippen MR) is 77.7 cm³/mol. The average molecular weight is 290 g/mol. The Hall–Kier alpha value is -2.18. The van der Waals surface area contributed by atoms with Gasteiger partial charge < -0.3 is 9.52 Å². The third-order valence-corrected chi connectivity index (χ3v) is 3.33. The van der Waals surface area contributed by atoms with Crippen molar-refractivity contribution >= 4 is 5.69 Å². The minimum absolute atomic E-state index is 0.00978. The maximum atomic E-state index is 10.8. The molecule has 6 nitrogen and oxygen atoms in total. The van der Waals surface area contributed by atoms with Crippen molar-refractivity contribution in [2.24, 2.45) is 0 Å². The number of hydrogen-bond acceptors (Lipinski definition) is 5. The summed E-state index contributed by atoms with van der Waals surface area (Å²) in [4.78, 5) is 12.4. The molecule has 1 atom stereocenters. The highest BCUT2D eigenvalue weighted by Gasteiger charge is 2.16. The first-order valence-corrected chi connectivity index (χ1v) is 6.76. The van der Waals surface area contributed by atoms with Crippen molar-refractivity contribution in [3.63, 3.8) is 0 Å². The number of furan rings is 1.